The van der Waals surface area contributed by atoms with E-state index in [2.05, 4.69) is 18.7 Å². The van der Waals surface area contributed by atoms with Gasteiger partial charge in [0.25, 0.3) is 0 Å². The molecule has 0 aromatic heterocycles. The van der Waals surface area contributed by atoms with Gasteiger partial charge in [0.15, 0.2) is 0 Å². The highest BCUT2D eigenvalue weighted by atomic mass is 16.5. The molecule has 0 aliphatic carbocycles. The lowest BCUT2D eigenvalue weighted by Gasteiger charge is -2.33. The van der Waals surface area contributed by atoms with Gasteiger partial charge in [0.1, 0.15) is 6.04 Å². The van der Waals surface area contributed by atoms with Crippen LogP contribution in [0.2, 0.25) is 0 Å². The summed E-state index contributed by atoms with van der Waals surface area (Å²) < 4.78 is 10.2. The Kier molecular flexibility index (Phi) is 6.75. The molecular formula is C14H28N2O3. The third-order valence-electron chi connectivity index (χ3n) is 3.81. The number of morpholine rings is 1. The maximum Gasteiger partial charge on any atom is 0.325 e. The Balaban J connectivity index is 2.31. The molecule has 1 rings (SSSR count). The number of esters is 1. The number of hydrogen-bond acceptors (Lipinski definition) is 5. The van der Waals surface area contributed by atoms with Gasteiger partial charge in [-0.05, 0) is 31.3 Å². The molecule has 0 spiro atoms. The highest BCUT2D eigenvalue weighted by Gasteiger charge is 2.29. The third-order valence-corrected chi connectivity index (χ3v) is 3.81. The first-order valence-corrected chi connectivity index (χ1v) is 7.10. The van der Waals surface area contributed by atoms with E-state index < -0.39 is 0 Å². The number of nitrogens with two attached hydrogens (primary N) is 1. The summed E-state index contributed by atoms with van der Waals surface area (Å²) in [6.07, 6.45) is 3.34. The summed E-state index contributed by atoms with van der Waals surface area (Å²) in [4.78, 5) is 13.8. The molecule has 1 fully saturated rings. The van der Waals surface area contributed by atoms with Crippen LogP contribution in [0.25, 0.3) is 0 Å². The van der Waals surface area contributed by atoms with Crippen molar-refractivity contribution < 1.29 is 14.3 Å². The Bertz CT molecular complexity index is 282. The van der Waals surface area contributed by atoms with Gasteiger partial charge in [0, 0.05) is 6.54 Å². The van der Waals surface area contributed by atoms with Crippen molar-refractivity contribution >= 4 is 5.97 Å². The topological polar surface area (TPSA) is 64.8 Å². The number of carbonyl (C=O) groups excluding carboxylic acids is 1. The summed E-state index contributed by atoms with van der Waals surface area (Å²) in [6.45, 7) is 7.97. The maximum atomic E-state index is 11.7. The summed E-state index contributed by atoms with van der Waals surface area (Å²) in [5, 5.41) is 0. The Morgan fingerprint density at radius 2 is 2.21 bits per heavy atom. The minimum atomic E-state index is -0.235. The van der Waals surface area contributed by atoms with Crippen LogP contribution in [0.1, 0.15) is 33.1 Å². The molecule has 1 aliphatic rings. The van der Waals surface area contributed by atoms with E-state index in [1.165, 1.54) is 7.11 Å². The van der Waals surface area contributed by atoms with Crippen LogP contribution in [0, 0.1) is 5.41 Å². The van der Waals surface area contributed by atoms with Crippen molar-refractivity contribution in [1.82, 2.24) is 4.90 Å². The maximum absolute atomic E-state index is 11.7. The van der Waals surface area contributed by atoms with E-state index in [0.717, 1.165) is 38.9 Å². The predicted molar refractivity (Wildman–Crippen MR) is 74.9 cm³/mol. The number of nitrogens with zero attached hydrogens (tertiary/aromatic N) is 1. The molecule has 0 bridgehead atoms. The first-order valence-electron chi connectivity index (χ1n) is 7.10. The fourth-order valence-corrected chi connectivity index (χ4v) is 2.28. The van der Waals surface area contributed by atoms with Crippen LogP contribution < -0.4 is 5.73 Å². The molecule has 1 unspecified atom stereocenters. The lowest BCUT2D eigenvalue weighted by molar-refractivity contribution is -0.153. The number of carbonyl (C=O) groups is 1. The van der Waals surface area contributed by atoms with Crippen molar-refractivity contribution in [3.8, 4) is 0 Å². The normalized spacial score (nSPS) is 21.4. The molecule has 5 nitrogen and oxygen atoms in total. The molecule has 19 heavy (non-hydrogen) atoms. The van der Waals surface area contributed by atoms with Gasteiger partial charge in [0.2, 0.25) is 0 Å². The summed E-state index contributed by atoms with van der Waals surface area (Å²) in [5.41, 5.74) is 5.94. The van der Waals surface area contributed by atoms with E-state index in [1.807, 2.05) is 0 Å². The van der Waals surface area contributed by atoms with E-state index in [0.29, 0.717) is 13.2 Å². The van der Waals surface area contributed by atoms with Gasteiger partial charge in [-0.25, -0.2) is 0 Å². The second kappa shape index (κ2) is 7.82. The molecule has 1 aliphatic heterocycles. The molecule has 2 N–H and O–H groups in total. The summed E-state index contributed by atoms with van der Waals surface area (Å²) >= 11 is 0. The Hall–Kier alpha value is -0.650. The van der Waals surface area contributed by atoms with Crippen molar-refractivity contribution in [3.63, 3.8) is 0 Å². The Morgan fingerprint density at radius 3 is 2.84 bits per heavy atom. The van der Waals surface area contributed by atoms with E-state index in [9.17, 15) is 4.79 Å². The third kappa shape index (κ3) is 5.47. The molecule has 0 aromatic carbocycles. The number of ether oxygens (including phenoxy) is 2. The van der Waals surface area contributed by atoms with Gasteiger partial charge in [-0.15, -0.1) is 0 Å². The fraction of sp³-hybridized carbons (Fsp3) is 0.929. The minimum Gasteiger partial charge on any atom is -0.468 e. The van der Waals surface area contributed by atoms with Crippen LogP contribution in [0.15, 0.2) is 0 Å². The SMILES string of the molecule is COC(=O)C1COCCN1CCCCC(C)(C)CN. The smallest absolute Gasteiger partial charge is 0.325 e. The second-order valence-corrected chi connectivity index (χ2v) is 5.98. The molecule has 5 heteroatoms. The molecule has 0 aromatic rings. The number of unbranched alkanes of at least 4 members (excludes halogenated alkanes) is 1. The first-order chi connectivity index (χ1) is 9.00. The minimum absolute atomic E-state index is 0.193. The lowest BCUT2D eigenvalue weighted by atomic mass is 9.87. The average Bonchev–Trinajstić information content (AvgIpc) is 2.43. The van der Waals surface area contributed by atoms with E-state index >= 15 is 0 Å². The molecule has 0 radical (unpaired) electrons. The van der Waals surface area contributed by atoms with Crippen LogP contribution >= 0.6 is 0 Å². The number of rotatable bonds is 7. The quantitative estimate of drug-likeness (QED) is 0.553. The van der Waals surface area contributed by atoms with Crippen molar-refractivity contribution in [2.24, 2.45) is 11.1 Å². The zero-order valence-corrected chi connectivity index (χ0v) is 12.5. The van der Waals surface area contributed by atoms with Gasteiger partial charge >= 0.3 is 5.97 Å². The standard InChI is InChI=1S/C14H28N2O3/c1-14(2,11-15)6-4-5-7-16-8-9-19-10-12(16)13(17)18-3/h12H,4-11,15H2,1-3H3. The summed E-state index contributed by atoms with van der Waals surface area (Å²) in [7, 11) is 1.43. The molecule has 1 heterocycles. The first kappa shape index (κ1) is 16.4. The second-order valence-electron chi connectivity index (χ2n) is 5.98. The molecular weight excluding hydrogens is 244 g/mol. The van der Waals surface area contributed by atoms with Gasteiger partial charge < -0.3 is 15.2 Å². The molecule has 112 valence electrons. The van der Waals surface area contributed by atoms with Crippen molar-refractivity contribution in [2.75, 3.05) is 40.0 Å². The Labute approximate surface area is 116 Å². The monoisotopic (exact) mass is 272 g/mol. The molecule has 0 amide bonds. The lowest BCUT2D eigenvalue weighted by Crippen LogP contribution is -2.50. The van der Waals surface area contributed by atoms with E-state index in [-0.39, 0.29) is 17.4 Å². The van der Waals surface area contributed by atoms with Gasteiger partial charge in [-0.2, -0.15) is 0 Å². The van der Waals surface area contributed by atoms with E-state index in [1.54, 1.807) is 0 Å². The van der Waals surface area contributed by atoms with Gasteiger partial charge in [-0.3, -0.25) is 9.69 Å². The van der Waals surface area contributed by atoms with E-state index in [4.69, 9.17) is 15.2 Å². The predicted octanol–water partition coefficient (Wildman–Crippen LogP) is 1.02. The van der Waals surface area contributed by atoms with Crippen molar-refractivity contribution in [3.05, 3.63) is 0 Å². The summed E-state index contributed by atoms with van der Waals surface area (Å²) in [6, 6.07) is -0.235. The van der Waals surface area contributed by atoms with Crippen LogP contribution in [0.4, 0.5) is 0 Å². The zero-order valence-electron chi connectivity index (χ0n) is 12.5. The molecule has 1 saturated heterocycles. The highest BCUT2D eigenvalue weighted by molar-refractivity contribution is 5.75. The van der Waals surface area contributed by atoms with Crippen LogP contribution in [-0.4, -0.2) is 56.9 Å². The Morgan fingerprint density at radius 1 is 1.47 bits per heavy atom. The average molecular weight is 272 g/mol. The largest absolute Gasteiger partial charge is 0.468 e. The van der Waals surface area contributed by atoms with Crippen molar-refractivity contribution in [2.45, 2.75) is 39.2 Å². The van der Waals surface area contributed by atoms with Crippen LogP contribution in [0.3, 0.4) is 0 Å². The zero-order chi connectivity index (χ0) is 14.3. The molecule has 0 saturated carbocycles. The summed E-state index contributed by atoms with van der Waals surface area (Å²) in [5.74, 6) is -0.193. The highest BCUT2D eigenvalue weighted by Crippen LogP contribution is 2.21. The van der Waals surface area contributed by atoms with Crippen LogP contribution in [0.5, 0.6) is 0 Å². The fourth-order valence-electron chi connectivity index (χ4n) is 2.28. The van der Waals surface area contributed by atoms with Gasteiger partial charge in [0.05, 0.1) is 20.3 Å². The number of hydrogen-bond donors (Lipinski definition) is 1. The number of methoxy groups -OCH3 is 1. The van der Waals surface area contributed by atoms with Crippen LogP contribution in [-0.2, 0) is 14.3 Å². The molecule has 1 atom stereocenters. The van der Waals surface area contributed by atoms with Crippen molar-refractivity contribution in [1.29, 1.82) is 0 Å². The van der Waals surface area contributed by atoms with Gasteiger partial charge in [-0.1, -0.05) is 20.3 Å².